The standard InChI is InChI=1S/C17H27N3O/c1-4-9-15-17(21)20(13-12-19(3)5-2)16(18-15)14-10-7-6-8-11-14/h6-8,10-11,15-16,18H,4-5,9,12-13H2,1-3H3. The van der Waals surface area contributed by atoms with Crippen molar-refractivity contribution in [2.45, 2.75) is 38.9 Å². The predicted molar refractivity (Wildman–Crippen MR) is 85.9 cm³/mol. The molecule has 1 amide bonds. The smallest absolute Gasteiger partial charge is 0.241 e. The van der Waals surface area contributed by atoms with Crippen molar-refractivity contribution in [2.24, 2.45) is 0 Å². The number of amides is 1. The van der Waals surface area contributed by atoms with Gasteiger partial charge in [-0.05, 0) is 25.6 Å². The van der Waals surface area contributed by atoms with Gasteiger partial charge in [-0.15, -0.1) is 0 Å². The molecule has 21 heavy (non-hydrogen) atoms. The monoisotopic (exact) mass is 289 g/mol. The van der Waals surface area contributed by atoms with Gasteiger partial charge in [0.05, 0.1) is 6.04 Å². The van der Waals surface area contributed by atoms with Gasteiger partial charge >= 0.3 is 0 Å². The van der Waals surface area contributed by atoms with Crippen molar-refractivity contribution in [3.05, 3.63) is 35.9 Å². The third-order valence-corrected chi connectivity index (χ3v) is 4.21. The topological polar surface area (TPSA) is 35.6 Å². The summed E-state index contributed by atoms with van der Waals surface area (Å²) in [6.45, 7) is 6.95. The lowest BCUT2D eigenvalue weighted by atomic mass is 10.1. The second-order valence-electron chi connectivity index (χ2n) is 5.75. The van der Waals surface area contributed by atoms with Crippen molar-refractivity contribution < 1.29 is 4.79 Å². The van der Waals surface area contributed by atoms with Gasteiger partial charge in [0.1, 0.15) is 6.17 Å². The Kier molecular flexibility index (Phi) is 5.76. The van der Waals surface area contributed by atoms with Crippen LogP contribution in [-0.4, -0.2) is 48.4 Å². The summed E-state index contributed by atoms with van der Waals surface area (Å²) in [4.78, 5) is 16.9. The lowest BCUT2D eigenvalue weighted by molar-refractivity contribution is -0.130. The molecule has 0 radical (unpaired) electrons. The number of nitrogens with zero attached hydrogens (tertiary/aromatic N) is 2. The molecule has 0 spiro atoms. The number of rotatable bonds is 7. The molecule has 1 aliphatic rings. The van der Waals surface area contributed by atoms with Gasteiger partial charge in [0, 0.05) is 13.1 Å². The second-order valence-corrected chi connectivity index (χ2v) is 5.75. The van der Waals surface area contributed by atoms with E-state index in [1.54, 1.807) is 0 Å². The number of carbonyl (C=O) groups is 1. The summed E-state index contributed by atoms with van der Waals surface area (Å²) in [6, 6.07) is 10.2. The number of nitrogens with one attached hydrogen (secondary N) is 1. The van der Waals surface area contributed by atoms with E-state index < -0.39 is 0 Å². The summed E-state index contributed by atoms with van der Waals surface area (Å²) in [5.74, 6) is 0.246. The molecule has 1 fully saturated rings. The van der Waals surface area contributed by atoms with Crippen LogP contribution in [0.2, 0.25) is 0 Å². The maximum atomic E-state index is 12.6. The molecule has 0 aromatic heterocycles. The highest BCUT2D eigenvalue weighted by Crippen LogP contribution is 2.26. The fourth-order valence-corrected chi connectivity index (χ4v) is 2.76. The zero-order chi connectivity index (χ0) is 15.2. The molecule has 1 aromatic carbocycles. The summed E-state index contributed by atoms with van der Waals surface area (Å²) in [5, 5.41) is 3.51. The molecule has 116 valence electrons. The molecule has 1 N–H and O–H groups in total. The van der Waals surface area contributed by atoms with Crippen LogP contribution in [0.4, 0.5) is 0 Å². The Morgan fingerprint density at radius 1 is 1.24 bits per heavy atom. The van der Waals surface area contributed by atoms with Crippen LogP contribution in [0.5, 0.6) is 0 Å². The Morgan fingerprint density at radius 2 is 1.95 bits per heavy atom. The van der Waals surface area contributed by atoms with Crippen molar-refractivity contribution in [1.82, 2.24) is 15.1 Å². The summed E-state index contributed by atoms with van der Waals surface area (Å²) >= 11 is 0. The molecule has 2 atom stereocenters. The van der Waals surface area contributed by atoms with Gasteiger partial charge in [-0.25, -0.2) is 0 Å². The summed E-state index contributed by atoms with van der Waals surface area (Å²) in [5.41, 5.74) is 1.17. The number of hydrogen-bond donors (Lipinski definition) is 1. The molecule has 1 aliphatic heterocycles. The van der Waals surface area contributed by atoms with E-state index in [1.807, 2.05) is 23.1 Å². The predicted octanol–water partition coefficient (Wildman–Crippen LogP) is 2.24. The molecule has 2 rings (SSSR count). The van der Waals surface area contributed by atoms with E-state index in [4.69, 9.17) is 0 Å². The van der Waals surface area contributed by atoms with Gasteiger partial charge in [0.2, 0.25) is 5.91 Å². The highest BCUT2D eigenvalue weighted by molar-refractivity contribution is 5.84. The lowest BCUT2D eigenvalue weighted by Gasteiger charge is -2.26. The minimum atomic E-state index is -0.0351. The molecule has 4 nitrogen and oxygen atoms in total. The van der Waals surface area contributed by atoms with Crippen LogP contribution in [0.25, 0.3) is 0 Å². The van der Waals surface area contributed by atoms with E-state index in [0.717, 1.165) is 32.5 Å². The van der Waals surface area contributed by atoms with Gasteiger partial charge in [-0.2, -0.15) is 0 Å². The summed E-state index contributed by atoms with van der Waals surface area (Å²) in [6.07, 6.45) is 1.94. The maximum Gasteiger partial charge on any atom is 0.241 e. The van der Waals surface area contributed by atoms with Crippen molar-refractivity contribution in [3.63, 3.8) is 0 Å². The zero-order valence-electron chi connectivity index (χ0n) is 13.4. The van der Waals surface area contributed by atoms with Crippen molar-refractivity contribution in [2.75, 3.05) is 26.7 Å². The van der Waals surface area contributed by atoms with Crippen LogP contribution in [0.15, 0.2) is 30.3 Å². The van der Waals surface area contributed by atoms with Crippen LogP contribution >= 0.6 is 0 Å². The highest BCUT2D eigenvalue weighted by Gasteiger charge is 2.38. The van der Waals surface area contributed by atoms with Crippen LogP contribution in [0.1, 0.15) is 38.4 Å². The number of carbonyl (C=O) groups excluding carboxylic acids is 1. The Labute approximate surface area is 128 Å². The molecular formula is C17H27N3O. The first-order valence-electron chi connectivity index (χ1n) is 7.97. The summed E-state index contributed by atoms with van der Waals surface area (Å²) < 4.78 is 0. The van der Waals surface area contributed by atoms with Gasteiger partial charge in [0.15, 0.2) is 0 Å². The van der Waals surface area contributed by atoms with E-state index >= 15 is 0 Å². The molecule has 0 saturated carbocycles. The Bertz CT molecular complexity index is 449. The van der Waals surface area contributed by atoms with Crippen LogP contribution < -0.4 is 5.32 Å². The van der Waals surface area contributed by atoms with Crippen molar-refractivity contribution >= 4 is 5.91 Å². The number of hydrogen-bond acceptors (Lipinski definition) is 3. The number of benzene rings is 1. The first kappa shape index (κ1) is 16.0. The first-order valence-corrected chi connectivity index (χ1v) is 7.97. The highest BCUT2D eigenvalue weighted by atomic mass is 16.2. The van der Waals surface area contributed by atoms with E-state index in [0.29, 0.717) is 0 Å². The average Bonchev–Trinajstić information content (AvgIpc) is 2.83. The Balaban J connectivity index is 2.13. The quantitative estimate of drug-likeness (QED) is 0.836. The molecular weight excluding hydrogens is 262 g/mol. The molecule has 0 aliphatic carbocycles. The SMILES string of the molecule is CCCC1NC(c2ccccc2)N(CCN(C)CC)C1=O. The third-order valence-electron chi connectivity index (χ3n) is 4.21. The average molecular weight is 289 g/mol. The van der Waals surface area contributed by atoms with E-state index in [9.17, 15) is 4.79 Å². The normalized spacial score (nSPS) is 22.3. The van der Waals surface area contributed by atoms with E-state index in [1.165, 1.54) is 5.56 Å². The first-order chi connectivity index (χ1) is 10.2. The van der Waals surface area contributed by atoms with Gasteiger partial charge in [-0.1, -0.05) is 50.6 Å². The zero-order valence-corrected chi connectivity index (χ0v) is 13.4. The van der Waals surface area contributed by atoms with Crippen molar-refractivity contribution in [1.29, 1.82) is 0 Å². The lowest BCUT2D eigenvalue weighted by Crippen LogP contribution is -2.37. The van der Waals surface area contributed by atoms with E-state index in [-0.39, 0.29) is 18.1 Å². The van der Waals surface area contributed by atoms with Crippen LogP contribution in [0.3, 0.4) is 0 Å². The minimum Gasteiger partial charge on any atom is -0.320 e. The molecule has 1 aromatic rings. The molecule has 1 saturated heterocycles. The Hall–Kier alpha value is -1.39. The van der Waals surface area contributed by atoms with Crippen LogP contribution in [-0.2, 0) is 4.79 Å². The maximum absolute atomic E-state index is 12.6. The fourth-order valence-electron chi connectivity index (χ4n) is 2.76. The van der Waals surface area contributed by atoms with Gasteiger partial charge < -0.3 is 9.80 Å². The number of likely N-dealkylation sites (N-methyl/N-ethyl adjacent to an activating group) is 1. The van der Waals surface area contributed by atoms with Crippen LogP contribution in [0, 0.1) is 0 Å². The minimum absolute atomic E-state index is 0.0144. The second kappa shape index (κ2) is 7.57. The summed E-state index contributed by atoms with van der Waals surface area (Å²) in [7, 11) is 2.09. The third kappa shape index (κ3) is 3.83. The molecule has 2 unspecified atom stereocenters. The van der Waals surface area contributed by atoms with E-state index in [2.05, 4.69) is 43.2 Å². The molecule has 4 heteroatoms. The fraction of sp³-hybridized carbons (Fsp3) is 0.588. The van der Waals surface area contributed by atoms with Crippen molar-refractivity contribution in [3.8, 4) is 0 Å². The molecule has 1 heterocycles. The largest absolute Gasteiger partial charge is 0.320 e. The molecule has 0 bridgehead atoms. The Morgan fingerprint density at radius 3 is 2.57 bits per heavy atom. The van der Waals surface area contributed by atoms with Gasteiger partial charge in [-0.3, -0.25) is 10.1 Å². The van der Waals surface area contributed by atoms with Gasteiger partial charge in [0.25, 0.3) is 0 Å².